The highest BCUT2D eigenvalue weighted by Crippen LogP contribution is 2.09. The smallest absolute Gasteiger partial charge is 0.338 e. The zero-order valence-corrected chi connectivity index (χ0v) is 17.9. The molecule has 174 valence electrons. The number of hydrogen-bond acceptors (Lipinski definition) is 10. The molecule has 2 unspecified atom stereocenters. The summed E-state index contributed by atoms with van der Waals surface area (Å²) in [6.45, 7) is 8.19. The largest absolute Gasteiger partial charge is 0.459 e. The normalized spacial score (nSPS) is 12.1. The number of benzene rings is 1. The van der Waals surface area contributed by atoms with Gasteiger partial charge in [0.25, 0.3) is 0 Å². The number of esters is 4. The van der Waals surface area contributed by atoms with Gasteiger partial charge in [-0.1, -0.05) is 13.2 Å². The van der Waals surface area contributed by atoms with E-state index < -0.39 is 49.3 Å². The van der Waals surface area contributed by atoms with Crippen molar-refractivity contribution in [3.8, 4) is 0 Å². The van der Waals surface area contributed by atoms with Gasteiger partial charge in [0.2, 0.25) is 0 Å². The Kier molecular flexibility index (Phi) is 10.8. The number of carbonyl (C=O) groups excluding carboxylic acids is 4. The number of carbonyl (C=O) groups is 4. The molecule has 0 amide bonds. The van der Waals surface area contributed by atoms with Gasteiger partial charge >= 0.3 is 23.9 Å². The van der Waals surface area contributed by atoms with E-state index >= 15 is 0 Å². The van der Waals surface area contributed by atoms with Crippen LogP contribution >= 0.6 is 0 Å². The van der Waals surface area contributed by atoms with Crippen LogP contribution in [0.25, 0.3) is 0 Å². The number of aliphatic hydroxyl groups excluding tert-OH is 2. The second kappa shape index (κ2) is 13.0. The van der Waals surface area contributed by atoms with Gasteiger partial charge in [0.15, 0.2) is 0 Å². The summed E-state index contributed by atoms with van der Waals surface area (Å²) in [6, 6.07) is 5.27. The van der Waals surface area contributed by atoms with Gasteiger partial charge in [-0.15, -0.1) is 0 Å². The van der Waals surface area contributed by atoms with Crippen molar-refractivity contribution >= 4 is 23.9 Å². The van der Waals surface area contributed by atoms with Crippen molar-refractivity contribution in [2.75, 3.05) is 26.4 Å². The van der Waals surface area contributed by atoms with Crippen LogP contribution in [-0.4, -0.2) is 72.7 Å². The number of hydrogen-bond donors (Lipinski definition) is 2. The molecule has 0 saturated heterocycles. The maximum absolute atomic E-state index is 12.0. The van der Waals surface area contributed by atoms with E-state index in [0.29, 0.717) is 0 Å². The molecule has 0 radical (unpaired) electrons. The Morgan fingerprint density at radius 2 is 0.969 bits per heavy atom. The predicted molar refractivity (Wildman–Crippen MR) is 111 cm³/mol. The molecule has 0 aliphatic heterocycles. The molecule has 1 aromatic carbocycles. The molecule has 0 saturated carbocycles. The van der Waals surface area contributed by atoms with Gasteiger partial charge in [0.1, 0.15) is 38.6 Å². The molecule has 0 spiro atoms. The van der Waals surface area contributed by atoms with Crippen molar-refractivity contribution in [1.29, 1.82) is 0 Å². The molecule has 0 fully saturated rings. The summed E-state index contributed by atoms with van der Waals surface area (Å²) in [5.41, 5.74) is 0.570. The lowest BCUT2D eigenvalue weighted by Crippen LogP contribution is -2.26. The van der Waals surface area contributed by atoms with Gasteiger partial charge in [-0.3, -0.25) is 0 Å². The lowest BCUT2D eigenvalue weighted by Gasteiger charge is -2.13. The van der Waals surface area contributed by atoms with Crippen LogP contribution in [0.2, 0.25) is 0 Å². The first-order chi connectivity index (χ1) is 15.0. The first kappa shape index (κ1) is 26.5. The van der Waals surface area contributed by atoms with Crippen LogP contribution in [0.5, 0.6) is 0 Å². The average Bonchev–Trinajstić information content (AvgIpc) is 2.77. The van der Waals surface area contributed by atoms with E-state index in [1.165, 1.54) is 38.1 Å². The van der Waals surface area contributed by atoms with E-state index in [4.69, 9.17) is 18.9 Å². The summed E-state index contributed by atoms with van der Waals surface area (Å²) in [4.78, 5) is 46.5. The van der Waals surface area contributed by atoms with E-state index in [9.17, 15) is 29.4 Å². The zero-order chi connectivity index (χ0) is 24.3. The summed E-state index contributed by atoms with van der Waals surface area (Å²) in [6.07, 6.45) is -2.42. The van der Waals surface area contributed by atoms with Crippen molar-refractivity contribution < 1.29 is 48.3 Å². The van der Waals surface area contributed by atoms with E-state index in [0.717, 1.165) is 0 Å². The fraction of sp³-hybridized carbons (Fsp3) is 0.364. The van der Waals surface area contributed by atoms with Crippen molar-refractivity contribution in [1.82, 2.24) is 0 Å². The molecular formula is C22H26O10. The lowest BCUT2D eigenvalue weighted by molar-refractivity contribution is -0.143. The molecule has 2 atom stereocenters. The molecule has 0 aliphatic rings. The Morgan fingerprint density at radius 3 is 1.25 bits per heavy atom. The quantitative estimate of drug-likeness (QED) is 0.268. The second-order valence-corrected chi connectivity index (χ2v) is 6.84. The minimum atomic E-state index is -1.21. The molecule has 0 bridgehead atoms. The standard InChI is InChI=1S/C22H26O10/c1-13(2)19(25)29-9-17(23)11-31-21(27)15-5-7-16(8-6-15)22(28)32-12-18(24)10-30-20(26)14(3)4/h5-8,17-18,23-24H,1,3,9-12H2,2,4H3. The number of aliphatic hydroxyl groups is 2. The molecular weight excluding hydrogens is 424 g/mol. The molecule has 0 heterocycles. The van der Waals surface area contributed by atoms with Crippen LogP contribution < -0.4 is 0 Å². The monoisotopic (exact) mass is 450 g/mol. The minimum Gasteiger partial charge on any atom is -0.459 e. The third-order valence-electron chi connectivity index (χ3n) is 3.68. The molecule has 32 heavy (non-hydrogen) atoms. The summed E-state index contributed by atoms with van der Waals surface area (Å²) < 4.78 is 19.3. The predicted octanol–water partition coefficient (Wildman–Crippen LogP) is 0.961. The highest BCUT2D eigenvalue weighted by molar-refractivity contribution is 5.93. The Morgan fingerprint density at radius 1 is 0.688 bits per heavy atom. The Bertz CT molecular complexity index is 785. The first-order valence-corrected chi connectivity index (χ1v) is 9.47. The first-order valence-electron chi connectivity index (χ1n) is 9.47. The van der Waals surface area contributed by atoms with Gasteiger partial charge < -0.3 is 29.2 Å². The Balaban J connectivity index is 2.44. The lowest BCUT2D eigenvalue weighted by atomic mass is 10.1. The van der Waals surface area contributed by atoms with Gasteiger partial charge in [-0.25, -0.2) is 19.2 Å². The maximum Gasteiger partial charge on any atom is 0.338 e. The highest BCUT2D eigenvalue weighted by atomic mass is 16.6. The van der Waals surface area contributed by atoms with Crippen LogP contribution in [0.1, 0.15) is 34.6 Å². The van der Waals surface area contributed by atoms with E-state index in [-0.39, 0.29) is 35.5 Å². The molecule has 1 aromatic rings. The minimum absolute atomic E-state index is 0.111. The SMILES string of the molecule is C=C(C)C(=O)OCC(O)COC(=O)c1ccc(C(=O)OCC(O)COC(=O)C(=C)C)cc1. The summed E-state index contributed by atoms with van der Waals surface area (Å²) in [5.74, 6) is -2.86. The molecule has 0 aromatic heterocycles. The number of rotatable bonds is 12. The molecule has 0 aliphatic carbocycles. The topological polar surface area (TPSA) is 146 Å². The fourth-order valence-electron chi connectivity index (χ4n) is 1.94. The second-order valence-electron chi connectivity index (χ2n) is 6.84. The summed E-state index contributed by atoms with van der Waals surface area (Å²) in [5, 5.41) is 19.4. The van der Waals surface area contributed by atoms with Crippen molar-refractivity contribution in [2.24, 2.45) is 0 Å². The summed E-state index contributed by atoms with van der Waals surface area (Å²) >= 11 is 0. The van der Waals surface area contributed by atoms with E-state index in [1.54, 1.807) is 0 Å². The van der Waals surface area contributed by atoms with Gasteiger partial charge in [0.05, 0.1) is 11.1 Å². The number of ether oxygens (including phenoxy) is 4. The van der Waals surface area contributed by atoms with Crippen LogP contribution in [0.15, 0.2) is 48.6 Å². The van der Waals surface area contributed by atoms with Crippen LogP contribution in [0.3, 0.4) is 0 Å². The van der Waals surface area contributed by atoms with Crippen LogP contribution in [0.4, 0.5) is 0 Å². The molecule has 1 rings (SSSR count). The molecule has 10 heteroatoms. The third-order valence-corrected chi connectivity index (χ3v) is 3.68. The van der Waals surface area contributed by atoms with E-state index in [2.05, 4.69) is 13.2 Å². The van der Waals surface area contributed by atoms with Gasteiger partial charge in [0, 0.05) is 11.1 Å². The van der Waals surface area contributed by atoms with E-state index in [1.807, 2.05) is 0 Å². The molecule has 2 N–H and O–H groups in total. The van der Waals surface area contributed by atoms with Gasteiger partial charge in [-0.05, 0) is 38.1 Å². The van der Waals surface area contributed by atoms with Crippen LogP contribution in [0, 0.1) is 0 Å². The average molecular weight is 450 g/mol. The van der Waals surface area contributed by atoms with Crippen LogP contribution in [-0.2, 0) is 28.5 Å². The Hall–Kier alpha value is -3.50. The van der Waals surface area contributed by atoms with Gasteiger partial charge in [-0.2, -0.15) is 0 Å². The van der Waals surface area contributed by atoms with Crippen molar-refractivity contribution in [3.63, 3.8) is 0 Å². The third kappa shape index (κ3) is 9.54. The summed E-state index contributed by atoms with van der Waals surface area (Å²) in [7, 11) is 0. The fourth-order valence-corrected chi connectivity index (χ4v) is 1.94. The Labute approximate surface area is 185 Å². The van der Waals surface area contributed by atoms with Crippen molar-refractivity contribution in [3.05, 3.63) is 59.7 Å². The van der Waals surface area contributed by atoms with Crippen molar-refractivity contribution in [2.45, 2.75) is 26.1 Å². The zero-order valence-electron chi connectivity index (χ0n) is 17.9. The molecule has 10 nitrogen and oxygen atoms in total. The maximum atomic E-state index is 12.0. The highest BCUT2D eigenvalue weighted by Gasteiger charge is 2.16.